The van der Waals surface area contributed by atoms with Crippen molar-refractivity contribution in [1.82, 2.24) is 0 Å². The summed E-state index contributed by atoms with van der Waals surface area (Å²) in [4.78, 5) is 26.2. The van der Waals surface area contributed by atoms with Gasteiger partial charge in [0.2, 0.25) is 5.78 Å². The molecule has 3 nitrogen and oxygen atoms in total. The van der Waals surface area contributed by atoms with Crippen molar-refractivity contribution in [3.63, 3.8) is 0 Å². The summed E-state index contributed by atoms with van der Waals surface area (Å²) in [5, 5.41) is 0. The number of ether oxygens (including phenoxy) is 1. The Hall–Kier alpha value is -2.33. The second-order valence-electron chi connectivity index (χ2n) is 4.50. The largest absolute Gasteiger partial charge is 0.496 e. The van der Waals surface area contributed by atoms with Crippen molar-refractivity contribution in [2.45, 2.75) is 4.90 Å². The van der Waals surface area contributed by atoms with Crippen LogP contribution in [0.4, 0.5) is 0 Å². The molecule has 104 valence electrons. The van der Waals surface area contributed by atoms with E-state index in [2.05, 4.69) is 0 Å². The Labute approximate surface area is 126 Å². The first-order valence-corrected chi connectivity index (χ1v) is 7.23. The molecule has 0 aliphatic heterocycles. The molecule has 0 aromatic heterocycles. The molecule has 0 radical (unpaired) electrons. The number of thioether (sulfide) groups is 1. The van der Waals surface area contributed by atoms with Crippen molar-refractivity contribution in [3.8, 4) is 5.75 Å². The topological polar surface area (TPSA) is 43.4 Å². The highest BCUT2D eigenvalue weighted by Crippen LogP contribution is 2.36. The summed E-state index contributed by atoms with van der Waals surface area (Å²) in [7, 11) is 1.49. The van der Waals surface area contributed by atoms with Crippen LogP contribution in [0, 0.1) is 0 Å². The molecule has 0 unspecified atom stereocenters. The third kappa shape index (κ3) is 2.50. The number of ketones is 2. The Bertz CT molecular complexity index is 748. The highest BCUT2D eigenvalue weighted by atomic mass is 32.2. The van der Waals surface area contributed by atoms with Crippen LogP contribution in [-0.4, -0.2) is 18.7 Å². The molecule has 0 saturated heterocycles. The van der Waals surface area contributed by atoms with Crippen molar-refractivity contribution < 1.29 is 14.3 Å². The molecule has 3 rings (SSSR count). The molecule has 2 aromatic rings. The lowest BCUT2D eigenvalue weighted by Crippen LogP contribution is -2.16. The van der Waals surface area contributed by atoms with Gasteiger partial charge in [0.1, 0.15) is 5.75 Å². The lowest BCUT2D eigenvalue weighted by molar-refractivity contribution is 0.0988. The van der Waals surface area contributed by atoms with Gasteiger partial charge >= 0.3 is 0 Å². The van der Waals surface area contributed by atoms with Gasteiger partial charge in [0.05, 0.1) is 17.6 Å². The Kier molecular flexibility index (Phi) is 3.62. The highest BCUT2D eigenvalue weighted by molar-refractivity contribution is 8.04. The van der Waals surface area contributed by atoms with E-state index in [0.717, 1.165) is 4.90 Å². The van der Waals surface area contributed by atoms with Crippen molar-refractivity contribution in [1.29, 1.82) is 0 Å². The zero-order chi connectivity index (χ0) is 14.8. The number of carbonyl (C=O) groups excluding carboxylic acids is 2. The number of allylic oxidation sites excluding steroid dienone is 2. The number of Topliss-reactive ketones (excluding diaryl/α,β-unsaturated/α-hetero) is 1. The van der Waals surface area contributed by atoms with E-state index in [4.69, 9.17) is 4.74 Å². The van der Waals surface area contributed by atoms with Crippen LogP contribution < -0.4 is 4.74 Å². The Balaban J connectivity index is 2.01. The van der Waals surface area contributed by atoms with E-state index in [9.17, 15) is 9.59 Å². The van der Waals surface area contributed by atoms with Crippen LogP contribution in [0.5, 0.6) is 5.75 Å². The fourth-order valence-electron chi connectivity index (χ4n) is 2.23. The molecule has 0 heterocycles. The maximum atomic E-state index is 12.5. The quantitative estimate of drug-likeness (QED) is 0.865. The fraction of sp³-hybridized carbons (Fsp3) is 0.0588. The number of hydrogen-bond acceptors (Lipinski definition) is 4. The number of rotatable bonds is 3. The number of methoxy groups -OCH3 is 1. The second kappa shape index (κ2) is 5.58. The second-order valence-corrected chi connectivity index (χ2v) is 5.62. The lowest BCUT2D eigenvalue weighted by Gasteiger charge is -2.16. The van der Waals surface area contributed by atoms with Gasteiger partial charge in [0.25, 0.3) is 0 Å². The standard InChI is InChI=1S/C17H12O3S/c1-20-14-9-5-8-12-16(14)13(18)10-15(17(12)19)21-11-6-3-2-4-7-11/h2-10H,1H3. The zero-order valence-corrected chi connectivity index (χ0v) is 12.1. The van der Waals surface area contributed by atoms with E-state index in [1.807, 2.05) is 30.3 Å². The van der Waals surface area contributed by atoms with Gasteiger partial charge in [-0.25, -0.2) is 0 Å². The number of hydrogen-bond donors (Lipinski definition) is 0. The summed E-state index contributed by atoms with van der Waals surface area (Å²) in [5.41, 5.74) is 0.752. The highest BCUT2D eigenvalue weighted by Gasteiger charge is 2.28. The normalized spacial score (nSPS) is 13.7. The molecule has 0 N–H and O–H groups in total. The average molecular weight is 296 g/mol. The maximum absolute atomic E-state index is 12.5. The van der Waals surface area contributed by atoms with E-state index in [1.165, 1.54) is 24.9 Å². The smallest absolute Gasteiger partial charge is 0.200 e. The van der Waals surface area contributed by atoms with E-state index in [1.54, 1.807) is 18.2 Å². The van der Waals surface area contributed by atoms with Crippen LogP contribution in [-0.2, 0) is 0 Å². The van der Waals surface area contributed by atoms with Crippen LogP contribution in [0.15, 0.2) is 64.4 Å². The van der Waals surface area contributed by atoms with Crippen molar-refractivity contribution in [3.05, 3.63) is 70.6 Å². The molecular formula is C17H12O3S. The first-order chi connectivity index (χ1) is 10.2. The molecule has 0 saturated carbocycles. The number of fused-ring (bicyclic) bond motifs is 1. The first-order valence-electron chi connectivity index (χ1n) is 6.41. The minimum Gasteiger partial charge on any atom is -0.496 e. The van der Waals surface area contributed by atoms with Crippen LogP contribution >= 0.6 is 11.8 Å². The molecule has 0 amide bonds. The van der Waals surface area contributed by atoms with Gasteiger partial charge in [-0.2, -0.15) is 0 Å². The molecule has 1 aliphatic rings. The third-order valence-corrected chi connectivity index (χ3v) is 4.23. The van der Waals surface area contributed by atoms with Gasteiger partial charge in [0, 0.05) is 16.5 Å². The van der Waals surface area contributed by atoms with Gasteiger partial charge in [-0.1, -0.05) is 36.0 Å². The van der Waals surface area contributed by atoms with E-state index in [-0.39, 0.29) is 11.6 Å². The van der Waals surface area contributed by atoms with Gasteiger partial charge in [0.15, 0.2) is 5.78 Å². The minimum absolute atomic E-state index is 0.141. The summed E-state index contributed by atoms with van der Waals surface area (Å²) in [6.45, 7) is 0. The van der Waals surface area contributed by atoms with Crippen molar-refractivity contribution >= 4 is 23.3 Å². The maximum Gasteiger partial charge on any atom is 0.200 e. The Morgan fingerprint density at radius 3 is 2.43 bits per heavy atom. The molecule has 0 spiro atoms. The predicted octanol–water partition coefficient (Wildman–Crippen LogP) is 3.75. The molecule has 1 aliphatic carbocycles. The van der Waals surface area contributed by atoms with Gasteiger partial charge in [-0.15, -0.1) is 0 Å². The van der Waals surface area contributed by atoms with Crippen LogP contribution in [0.2, 0.25) is 0 Å². The molecular weight excluding hydrogens is 284 g/mol. The van der Waals surface area contributed by atoms with E-state index in [0.29, 0.717) is 21.8 Å². The van der Waals surface area contributed by atoms with Crippen molar-refractivity contribution in [2.75, 3.05) is 7.11 Å². The van der Waals surface area contributed by atoms with E-state index >= 15 is 0 Å². The molecule has 4 heteroatoms. The number of carbonyl (C=O) groups is 2. The van der Waals surface area contributed by atoms with E-state index < -0.39 is 0 Å². The summed E-state index contributed by atoms with van der Waals surface area (Å²) < 4.78 is 5.18. The average Bonchev–Trinajstić information content (AvgIpc) is 2.52. The first kappa shape index (κ1) is 13.6. The van der Waals surface area contributed by atoms with Crippen LogP contribution in [0.1, 0.15) is 20.7 Å². The van der Waals surface area contributed by atoms with Gasteiger partial charge in [-0.05, 0) is 24.3 Å². The summed E-state index contributed by atoms with van der Waals surface area (Å²) >= 11 is 1.30. The van der Waals surface area contributed by atoms with Crippen LogP contribution in [0.3, 0.4) is 0 Å². The van der Waals surface area contributed by atoms with Crippen LogP contribution in [0.25, 0.3) is 0 Å². The molecule has 0 bridgehead atoms. The third-order valence-electron chi connectivity index (χ3n) is 3.19. The fourth-order valence-corrected chi connectivity index (χ4v) is 3.14. The summed E-state index contributed by atoms with van der Waals surface area (Å²) in [6, 6.07) is 14.6. The van der Waals surface area contributed by atoms with Crippen molar-refractivity contribution in [2.24, 2.45) is 0 Å². The zero-order valence-electron chi connectivity index (χ0n) is 11.3. The lowest BCUT2D eigenvalue weighted by atomic mass is 9.94. The van der Waals surface area contributed by atoms with Gasteiger partial charge in [-0.3, -0.25) is 9.59 Å². The molecule has 2 aromatic carbocycles. The Morgan fingerprint density at radius 1 is 0.952 bits per heavy atom. The monoisotopic (exact) mass is 296 g/mol. The molecule has 0 atom stereocenters. The van der Waals surface area contributed by atoms with Gasteiger partial charge < -0.3 is 4.74 Å². The SMILES string of the molecule is COc1cccc2c1C(=O)C=C(Sc1ccccc1)C2=O. The molecule has 0 fully saturated rings. The Morgan fingerprint density at radius 2 is 1.71 bits per heavy atom. The number of benzene rings is 2. The molecule has 21 heavy (non-hydrogen) atoms. The summed E-state index contributed by atoms with van der Waals surface area (Å²) in [6.07, 6.45) is 1.39. The minimum atomic E-state index is -0.194. The summed E-state index contributed by atoms with van der Waals surface area (Å²) in [5.74, 6) is 0.101. The predicted molar refractivity (Wildman–Crippen MR) is 82.0 cm³/mol.